The van der Waals surface area contributed by atoms with Crippen LogP contribution in [0.15, 0.2) is 22.5 Å². The van der Waals surface area contributed by atoms with Gasteiger partial charge in [0.1, 0.15) is 0 Å². The molecule has 0 aliphatic carbocycles. The fourth-order valence-corrected chi connectivity index (χ4v) is 3.00. The first-order chi connectivity index (χ1) is 10.7. The highest BCUT2D eigenvalue weighted by Crippen LogP contribution is 2.28. The number of hydrogen-bond donors (Lipinski definition) is 1. The fourth-order valence-electron chi connectivity index (χ4n) is 1.82. The average molecular weight is 339 g/mol. The summed E-state index contributed by atoms with van der Waals surface area (Å²) >= 11 is 2.87. The maximum Gasteiger partial charge on any atom is 0.226 e. The smallest absolute Gasteiger partial charge is 0.226 e. The Morgan fingerprint density at radius 2 is 2.05 bits per heavy atom. The molecular formula is C14H17N3O3S2. The first-order valence-electron chi connectivity index (χ1n) is 6.54. The van der Waals surface area contributed by atoms with Crippen molar-refractivity contribution in [2.24, 2.45) is 0 Å². The predicted molar refractivity (Wildman–Crippen MR) is 88.2 cm³/mol. The van der Waals surface area contributed by atoms with E-state index < -0.39 is 0 Å². The summed E-state index contributed by atoms with van der Waals surface area (Å²) in [6.07, 6.45) is 2.90. The average Bonchev–Trinajstić information content (AvgIpc) is 3.00. The van der Waals surface area contributed by atoms with E-state index in [1.165, 1.54) is 23.1 Å². The van der Waals surface area contributed by atoms with Crippen molar-refractivity contribution in [1.29, 1.82) is 0 Å². The number of thioether (sulfide) groups is 1. The predicted octanol–water partition coefficient (Wildman–Crippen LogP) is 2.85. The van der Waals surface area contributed by atoms with E-state index in [1.807, 2.05) is 24.5 Å². The van der Waals surface area contributed by atoms with E-state index in [2.05, 4.69) is 15.5 Å². The number of carbonyl (C=O) groups excluding carboxylic acids is 1. The molecule has 2 aromatic rings. The van der Waals surface area contributed by atoms with Gasteiger partial charge in [0.2, 0.25) is 11.0 Å². The third-order valence-corrected chi connectivity index (χ3v) is 4.73. The first kappa shape index (κ1) is 16.6. The van der Waals surface area contributed by atoms with Crippen LogP contribution in [0, 0.1) is 0 Å². The molecule has 0 bridgehead atoms. The molecule has 0 aliphatic rings. The van der Waals surface area contributed by atoms with Gasteiger partial charge in [-0.2, -0.15) is 0 Å². The lowest BCUT2D eigenvalue weighted by molar-refractivity contribution is -0.116. The van der Waals surface area contributed by atoms with Crippen molar-refractivity contribution >= 4 is 34.1 Å². The Bertz CT molecular complexity index is 646. The van der Waals surface area contributed by atoms with Crippen molar-refractivity contribution in [2.75, 3.05) is 25.8 Å². The van der Waals surface area contributed by atoms with Crippen LogP contribution in [0.5, 0.6) is 11.5 Å². The summed E-state index contributed by atoms with van der Waals surface area (Å²) in [5, 5.41) is 11.1. The van der Waals surface area contributed by atoms with E-state index >= 15 is 0 Å². The Kier molecular flexibility index (Phi) is 6.02. The maximum absolute atomic E-state index is 11.9. The molecule has 1 heterocycles. The van der Waals surface area contributed by atoms with Crippen LogP contribution < -0.4 is 14.8 Å². The molecule has 118 valence electrons. The Hall–Kier alpha value is -1.80. The van der Waals surface area contributed by atoms with Gasteiger partial charge in [0.15, 0.2) is 15.8 Å². The molecule has 0 aliphatic heterocycles. The highest BCUT2D eigenvalue weighted by Gasteiger charge is 2.09. The topological polar surface area (TPSA) is 73.3 Å². The molecule has 2 rings (SSSR count). The fraction of sp³-hybridized carbons (Fsp3) is 0.357. The van der Waals surface area contributed by atoms with Crippen LogP contribution in [0.1, 0.15) is 12.0 Å². The van der Waals surface area contributed by atoms with E-state index in [0.29, 0.717) is 29.5 Å². The monoisotopic (exact) mass is 339 g/mol. The highest BCUT2D eigenvalue weighted by atomic mass is 32.2. The number of benzene rings is 1. The van der Waals surface area contributed by atoms with Gasteiger partial charge in [-0.3, -0.25) is 4.79 Å². The Morgan fingerprint density at radius 1 is 1.27 bits per heavy atom. The molecule has 0 saturated carbocycles. The molecule has 1 N–H and O–H groups in total. The maximum atomic E-state index is 11.9. The van der Waals surface area contributed by atoms with Gasteiger partial charge in [0, 0.05) is 6.42 Å². The summed E-state index contributed by atoms with van der Waals surface area (Å²) in [6.45, 7) is 0. The molecule has 0 radical (unpaired) electrons. The molecule has 22 heavy (non-hydrogen) atoms. The van der Waals surface area contributed by atoms with Crippen molar-refractivity contribution in [2.45, 2.75) is 17.2 Å². The second-order valence-corrected chi connectivity index (χ2v) is 6.35. The standard InChI is InChI=1S/C14H17N3O3S2/c1-19-10-6-4-9(8-11(10)20-2)5-7-12(18)15-13-16-17-14(21-3)22-13/h4,6,8H,5,7H2,1-3H3,(H,15,16,18). The molecule has 0 fully saturated rings. The van der Waals surface area contributed by atoms with Gasteiger partial charge in [-0.25, -0.2) is 0 Å². The van der Waals surface area contributed by atoms with E-state index in [4.69, 9.17) is 9.47 Å². The molecule has 6 nitrogen and oxygen atoms in total. The van der Waals surface area contributed by atoms with Crippen LogP contribution in [0.3, 0.4) is 0 Å². The van der Waals surface area contributed by atoms with Crippen LogP contribution in [0.4, 0.5) is 5.13 Å². The summed E-state index contributed by atoms with van der Waals surface area (Å²) < 4.78 is 11.3. The normalized spacial score (nSPS) is 10.3. The van der Waals surface area contributed by atoms with Gasteiger partial charge in [-0.05, 0) is 30.4 Å². The SMILES string of the molecule is COc1ccc(CCC(=O)Nc2nnc(SC)s2)cc1OC. The second kappa shape index (κ2) is 8.00. The van der Waals surface area contributed by atoms with Crippen LogP contribution in [-0.2, 0) is 11.2 Å². The third kappa shape index (κ3) is 4.35. The number of amides is 1. The molecule has 0 saturated heterocycles. The largest absolute Gasteiger partial charge is 0.493 e. The molecule has 0 spiro atoms. The Balaban J connectivity index is 1.90. The summed E-state index contributed by atoms with van der Waals surface area (Å²) in [6, 6.07) is 5.63. The number of aromatic nitrogens is 2. The highest BCUT2D eigenvalue weighted by molar-refractivity contribution is 8.00. The number of hydrogen-bond acceptors (Lipinski definition) is 7. The number of carbonyl (C=O) groups is 1. The van der Waals surface area contributed by atoms with E-state index in [-0.39, 0.29) is 5.91 Å². The summed E-state index contributed by atoms with van der Waals surface area (Å²) in [5.74, 6) is 1.25. The van der Waals surface area contributed by atoms with E-state index in [9.17, 15) is 4.79 Å². The van der Waals surface area contributed by atoms with Gasteiger partial charge in [-0.15, -0.1) is 10.2 Å². The van der Waals surface area contributed by atoms with Crippen molar-refractivity contribution in [1.82, 2.24) is 10.2 Å². The number of ether oxygens (including phenoxy) is 2. The minimum atomic E-state index is -0.0846. The van der Waals surface area contributed by atoms with Gasteiger partial charge >= 0.3 is 0 Å². The van der Waals surface area contributed by atoms with Crippen molar-refractivity contribution in [3.63, 3.8) is 0 Å². The zero-order chi connectivity index (χ0) is 15.9. The molecule has 1 aromatic heterocycles. The van der Waals surface area contributed by atoms with Gasteiger partial charge in [0.05, 0.1) is 14.2 Å². The van der Waals surface area contributed by atoms with Gasteiger partial charge in [0.25, 0.3) is 0 Å². The molecule has 1 amide bonds. The third-order valence-electron chi connectivity index (χ3n) is 2.92. The van der Waals surface area contributed by atoms with Crippen molar-refractivity contribution < 1.29 is 14.3 Å². The molecule has 8 heteroatoms. The van der Waals surface area contributed by atoms with Crippen LogP contribution in [0.25, 0.3) is 0 Å². The van der Waals surface area contributed by atoms with Gasteiger partial charge in [-0.1, -0.05) is 29.2 Å². The van der Waals surface area contributed by atoms with Crippen LogP contribution in [-0.4, -0.2) is 36.6 Å². The first-order valence-corrected chi connectivity index (χ1v) is 8.58. The molecule has 0 atom stereocenters. The number of methoxy groups -OCH3 is 2. The Morgan fingerprint density at radius 3 is 2.68 bits per heavy atom. The van der Waals surface area contributed by atoms with Crippen molar-refractivity contribution in [3.8, 4) is 11.5 Å². The van der Waals surface area contributed by atoms with E-state index in [0.717, 1.165) is 9.90 Å². The molecule has 1 aromatic carbocycles. The Labute approximate surface area is 137 Å². The lowest BCUT2D eigenvalue weighted by atomic mass is 10.1. The van der Waals surface area contributed by atoms with Crippen molar-refractivity contribution in [3.05, 3.63) is 23.8 Å². The van der Waals surface area contributed by atoms with Gasteiger partial charge < -0.3 is 14.8 Å². The second-order valence-electron chi connectivity index (χ2n) is 4.31. The van der Waals surface area contributed by atoms with Crippen LogP contribution in [0.2, 0.25) is 0 Å². The number of anilines is 1. The summed E-state index contributed by atoms with van der Waals surface area (Å²) in [7, 11) is 3.18. The zero-order valence-corrected chi connectivity index (χ0v) is 14.2. The minimum Gasteiger partial charge on any atom is -0.493 e. The summed E-state index contributed by atoms with van der Waals surface area (Å²) in [5.41, 5.74) is 1.01. The number of rotatable bonds is 7. The zero-order valence-electron chi connectivity index (χ0n) is 12.6. The molecular weight excluding hydrogens is 322 g/mol. The lowest BCUT2D eigenvalue weighted by Gasteiger charge is -2.09. The minimum absolute atomic E-state index is 0.0846. The molecule has 0 unspecified atom stereocenters. The summed E-state index contributed by atoms with van der Waals surface area (Å²) in [4.78, 5) is 11.9. The van der Waals surface area contributed by atoms with Crippen LogP contribution >= 0.6 is 23.1 Å². The van der Waals surface area contributed by atoms with E-state index in [1.54, 1.807) is 14.2 Å². The number of aryl methyl sites for hydroxylation is 1. The quantitative estimate of drug-likeness (QED) is 0.618. The lowest BCUT2D eigenvalue weighted by Crippen LogP contribution is -2.12. The number of nitrogens with one attached hydrogen (secondary N) is 1. The number of nitrogens with zero attached hydrogens (tertiary/aromatic N) is 2.